The van der Waals surface area contributed by atoms with Crippen molar-refractivity contribution >= 4 is 17.2 Å². The van der Waals surface area contributed by atoms with Crippen molar-refractivity contribution in [3.05, 3.63) is 45.9 Å². The van der Waals surface area contributed by atoms with Gasteiger partial charge in [0, 0.05) is 17.3 Å². The van der Waals surface area contributed by atoms with E-state index in [9.17, 15) is 9.18 Å². The molecule has 0 aliphatic rings. The zero-order valence-electron chi connectivity index (χ0n) is 9.11. The molecule has 0 saturated carbocycles. The van der Waals surface area contributed by atoms with Crippen LogP contribution in [0, 0.1) is 12.9 Å². The highest BCUT2D eigenvalue weighted by atomic mass is 32.1. The van der Waals surface area contributed by atoms with Gasteiger partial charge < -0.3 is 5.32 Å². The minimum Gasteiger partial charge on any atom is -0.345 e. The molecule has 0 unspecified atom stereocenters. The molecule has 2 aromatic rings. The number of amides is 1. The third-order valence-electron chi connectivity index (χ3n) is 2.07. The number of nitrogens with one attached hydrogen (secondary N) is 1. The molecule has 0 atom stereocenters. The Balaban J connectivity index is 2.01. The van der Waals surface area contributed by atoms with Gasteiger partial charge in [0.15, 0.2) is 0 Å². The molecule has 0 spiro atoms. The van der Waals surface area contributed by atoms with Gasteiger partial charge in [0.25, 0.3) is 5.91 Å². The SMILES string of the molecule is Cc1cnc(CNC(=O)c2cccnc2F)s1. The lowest BCUT2D eigenvalue weighted by atomic mass is 10.2. The Kier molecular flexibility index (Phi) is 3.43. The summed E-state index contributed by atoms with van der Waals surface area (Å²) in [7, 11) is 0. The van der Waals surface area contributed by atoms with Crippen LogP contribution < -0.4 is 5.32 Å². The van der Waals surface area contributed by atoms with Crippen LogP contribution in [0.5, 0.6) is 0 Å². The predicted octanol–water partition coefficient (Wildman–Crippen LogP) is 1.92. The molecule has 2 heterocycles. The summed E-state index contributed by atoms with van der Waals surface area (Å²) in [4.78, 5) is 20.2. The van der Waals surface area contributed by atoms with Crippen molar-refractivity contribution < 1.29 is 9.18 Å². The molecule has 1 N–H and O–H groups in total. The summed E-state index contributed by atoms with van der Waals surface area (Å²) in [6, 6.07) is 2.91. The van der Waals surface area contributed by atoms with Gasteiger partial charge in [0.2, 0.25) is 5.95 Å². The minimum atomic E-state index is -0.764. The summed E-state index contributed by atoms with van der Waals surface area (Å²) in [6.45, 7) is 2.23. The summed E-state index contributed by atoms with van der Waals surface area (Å²) < 4.78 is 13.2. The van der Waals surface area contributed by atoms with E-state index in [1.807, 2.05) is 6.92 Å². The molecule has 1 amide bonds. The fourth-order valence-electron chi connectivity index (χ4n) is 1.29. The van der Waals surface area contributed by atoms with Crippen LogP contribution in [0.15, 0.2) is 24.5 Å². The Labute approximate surface area is 102 Å². The maximum Gasteiger partial charge on any atom is 0.256 e. The molecule has 0 fully saturated rings. The van der Waals surface area contributed by atoms with E-state index in [-0.39, 0.29) is 5.56 Å². The van der Waals surface area contributed by atoms with Gasteiger partial charge >= 0.3 is 0 Å². The van der Waals surface area contributed by atoms with Gasteiger partial charge in [-0.1, -0.05) is 0 Å². The first-order valence-electron chi connectivity index (χ1n) is 4.97. The van der Waals surface area contributed by atoms with Crippen molar-refractivity contribution in [1.29, 1.82) is 0 Å². The molecule has 17 heavy (non-hydrogen) atoms. The fraction of sp³-hybridized carbons (Fsp3) is 0.182. The highest BCUT2D eigenvalue weighted by molar-refractivity contribution is 7.11. The van der Waals surface area contributed by atoms with Crippen molar-refractivity contribution in [3.8, 4) is 0 Å². The van der Waals surface area contributed by atoms with E-state index >= 15 is 0 Å². The van der Waals surface area contributed by atoms with Crippen LogP contribution in [0.4, 0.5) is 4.39 Å². The highest BCUT2D eigenvalue weighted by Gasteiger charge is 2.11. The van der Waals surface area contributed by atoms with Gasteiger partial charge in [-0.25, -0.2) is 9.97 Å². The van der Waals surface area contributed by atoms with E-state index in [1.54, 1.807) is 6.20 Å². The van der Waals surface area contributed by atoms with Gasteiger partial charge in [-0.05, 0) is 19.1 Å². The molecule has 88 valence electrons. The van der Waals surface area contributed by atoms with Crippen molar-refractivity contribution in [1.82, 2.24) is 15.3 Å². The van der Waals surface area contributed by atoms with Crippen molar-refractivity contribution in [2.45, 2.75) is 13.5 Å². The second-order valence-electron chi connectivity index (χ2n) is 3.39. The largest absolute Gasteiger partial charge is 0.345 e. The molecule has 0 bridgehead atoms. The lowest BCUT2D eigenvalue weighted by molar-refractivity contribution is 0.0946. The second kappa shape index (κ2) is 5.01. The zero-order chi connectivity index (χ0) is 12.3. The van der Waals surface area contributed by atoms with Crippen LogP contribution in [-0.2, 0) is 6.54 Å². The fourth-order valence-corrected chi connectivity index (χ4v) is 2.02. The van der Waals surface area contributed by atoms with Crippen LogP contribution in [0.2, 0.25) is 0 Å². The highest BCUT2D eigenvalue weighted by Crippen LogP contribution is 2.11. The standard InChI is InChI=1S/C11H10FN3OS/c1-7-5-14-9(17-7)6-15-11(16)8-3-2-4-13-10(8)12/h2-5H,6H2,1H3,(H,15,16). The summed E-state index contributed by atoms with van der Waals surface area (Å²) in [5.74, 6) is -1.25. The molecule has 0 aliphatic heterocycles. The van der Waals surface area contributed by atoms with Gasteiger partial charge in [-0.15, -0.1) is 11.3 Å². The van der Waals surface area contributed by atoms with Gasteiger partial charge in [-0.3, -0.25) is 4.79 Å². The number of rotatable bonds is 3. The lowest BCUT2D eigenvalue weighted by Crippen LogP contribution is -2.24. The van der Waals surface area contributed by atoms with E-state index in [4.69, 9.17) is 0 Å². The molecule has 0 saturated heterocycles. The number of thiazole rings is 1. The summed E-state index contributed by atoms with van der Waals surface area (Å²) in [5.41, 5.74) is -0.0548. The van der Waals surface area contributed by atoms with Crippen LogP contribution in [0.3, 0.4) is 0 Å². The Morgan fingerprint density at radius 2 is 2.35 bits per heavy atom. The molecular weight excluding hydrogens is 241 g/mol. The Morgan fingerprint density at radius 1 is 1.53 bits per heavy atom. The van der Waals surface area contributed by atoms with Gasteiger partial charge in [-0.2, -0.15) is 4.39 Å². The van der Waals surface area contributed by atoms with Crippen molar-refractivity contribution in [2.24, 2.45) is 0 Å². The number of carbonyl (C=O) groups is 1. The first-order valence-corrected chi connectivity index (χ1v) is 5.78. The van der Waals surface area contributed by atoms with Gasteiger partial charge in [0.1, 0.15) is 5.01 Å². The zero-order valence-corrected chi connectivity index (χ0v) is 9.92. The Morgan fingerprint density at radius 3 is 3.00 bits per heavy atom. The topological polar surface area (TPSA) is 54.9 Å². The number of aromatic nitrogens is 2. The summed E-state index contributed by atoms with van der Waals surface area (Å²) in [6.07, 6.45) is 3.03. The van der Waals surface area contributed by atoms with Crippen molar-refractivity contribution in [2.75, 3.05) is 0 Å². The number of nitrogens with zero attached hydrogens (tertiary/aromatic N) is 2. The molecule has 0 aliphatic carbocycles. The maximum atomic E-state index is 13.2. The molecule has 0 radical (unpaired) electrons. The van der Waals surface area contributed by atoms with E-state index in [1.165, 1.54) is 29.7 Å². The molecule has 4 nitrogen and oxygen atoms in total. The first kappa shape index (κ1) is 11.7. The second-order valence-corrected chi connectivity index (χ2v) is 4.71. The van der Waals surface area contributed by atoms with Crippen LogP contribution in [0.1, 0.15) is 20.2 Å². The average Bonchev–Trinajstić information content (AvgIpc) is 2.73. The normalized spacial score (nSPS) is 10.2. The van der Waals surface area contributed by atoms with E-state index in [0.29, 0.717) is 6.54 Å². The molecule has 2 rings (SSSR count). The van der Waals surface area contributed by atoms with Crippen LogP contribution >= 0.6 is 11.3 Å². The number of pyridine rings is 1. The molecule has 6 heteroatoms. The average molecular weight is 251 g/mol. The minimum absolute atomic E-state index is 0.0548. The first-order chi connectivity index (χ1) is 8.16. The smallest absolute Gasteiger partial charge is 0.256 e. The Hall–Kier alpha value is -1.82. The molecule has 2 aromatic heterocycles. The molecular formula is C11H10FN3OS. The van der Waals surface area contributed by atoms with E-state index in [2.05, 4.69) is 15.3 Å². The van der Waals surface area contributed by atoms with E-state index in [0.717, 1.165) is 9.88 Å². The number of hydrogen-bond donors (Lipinski definition) is 1. The van der Waals surface area contributed by atoms with Crippen LogP contribution in [-0.4, -0.2) is 15.9 Å². The number of hydrogen-bond acceptors (Lipinski definition) is 4. The molecule has 0 aromatic carbocycles. The van der Waals surface area contributed by atoms with Crippen LogP contribution in [0.25, 0.3) is 0 Å². The Bertz CT molecular complexity index is 541. The predicted molar refractivity (Wildman–Crippen MR) is 62.2 cm³/mol. The lowest BCUT2D eigenvalue weighted by Gasteiger charge is -2.03. The third kappa shape index (κ3) is 2.85. The number of halogens is 1. The quantitative estimate of drug-likeness (QED) is 0.848. The van der Waals surface area contributed by atoms with Crippen molar-refractivity contribution in [3.63, 3.8) is 0 Å². The van der Waals surface area contributed by atoms with E-state index < -0.39 is 11.9 Å². The number of aryl methyl sites for hydroxylation is 1. The maximum absolute atomic E-state index is 13.2. The summed E-state index contributed by atoms with van der Waals surface area (Å²) >= 11 is 1.49. The third-order valence-corrected chi connectivity index (χ3v) is 2.99. The van der Waals surface area contributed by atoms with Gasteiger partial charge in [0.05, 0.1) is 12.1 Å². The monoisotopic (exact) mass is 251 g/mol. The summed E-state index contributed by atoms with van der Waals surface area (Å²) in [5, 5.41) is 3.39. The number of carbonyl (C=O) groups excluding carboxylic acids is 1.